The molecule has 3 heterocycles. The smallest absolute Gasteiger partial charge is 0.509 e. The first-order chi connectivity index (χ1) is 21.6. The van der Waals surface area contributed by atoms with E-state index in [9.17, 15) is 0 Å². The van der Waals surface area contributed by atoms with Crippen molar-refractivity contribution in [3.8, 4) is 34.1 Å². The minimum absolute atomic E-state index is 0. The van der Waals surface area contributed by atoms with E-state index in [1.54, 1.807) is 0 Å². The zero-order chi connectivity index (χ0) is 30.0. The molecule has 7 aromatic rings. The molecule has 45 heavy (non-hydrogen) atoms. The van der Waals surface area contributed by atoms with Gasteiger partial charge in [0, 0.05) is 34.5 Å². The Morgan fingerprint density at radius 1 is 0.756 bits per heavy atom. The van der Waals surface area contributed by atoms with Crippen LogP contribution in [0.15, 0.2) is 103 Å². The molecule has 0 bridgehead atoms. The molecule has 0 atom stereocenters. The van der Waals surface area contributed by atoms with Gasteiger partial charge in [-0.1, -0.05) is 80.7 Å². The Kier molecular flexibility index (Phi) is 9.00. The first-order valence-electron chi connectivity index (χ1n) is 15.4. The van der Waals surface area contributed by atoms with E-state index in [0.717, 1.165) is 70.3 Å². The van der Waals surface area contributed by atoms with Gasteiger partial charge in [-0.25, -0.2) is 4.98 Å². The molecule has 0 N–H and O–H groups in total. The fraction of sp³-hybridized carbons (Fsp3) is 0.179. The summed E-state index contributed by atoms with van der Waals surface area (Å²) in [6, 6.07) is 40.3. The van der Waals surface area contributed by atoms with Crippen LogP contribution in [-0.4, -0.2) is 19.3 Å². The molecule has 0 amide bonds. The standard InChI is InChI=1S/C39H34N4O.Pt/c1-4-12-34-39(28-14-7-6-8-15-28)36(13-5-2)43(41-34)29-16-11-17-30(25-29)44-31-20-21-33-32-18-9-10-19-35(32)42(37(33)26-31)38-24-27(3)22-23-40-38;/h6-11,14-24H,4-5,12-13H2,1-3H3;/q-2;+2. The minimum Gasteiger partial charge on any atom is -0.509 e. The molecule has 0 radical (unpaired) electrons. The van der Waals surface area contributed by atoms with Crippen LogP contribution in [0.3, 0.4) is 0 Å². The summed E-state index contributed by atoms with van der Waals surface area (Å²) in [5, 5.41) is 7.40. The van der Waals surface area contributed by atoms with E-state index < -0.39 is 0 Å². The Hall–Kier alpha value is -4.47. The van der Waals surface area contributed by atoms with Gasteiger partial charge in [-0.2, -0.15) is 17.2 Å². The number of benzene rings is 4. The monoisotopic (exact) mass is 769 g/mol. The number of para-hydroxylation sites is 1. The molecule has 4 aromatic carbocycles. The Labute approximate surface area is 278 Å². The molecule has 0 unspecified atom stereocenters. The van der Waals surface area contributed by atoms with Gasteiger partial charge in [-0.05, 0) is 60.2 Å². The third-order valence-corrected chi connectivity index (χ3v) is 7.98. The number of pyridine rings is 1. The van der Waals surface area contributed by atoms with Crippen molar-refractivity contribution in [2.75, 3.05) is 0 Å². The summed E-state index contributed by atoms with van der Waals surface area (Å²) in [4.78, 5) is 4.69. The second kappa shape index (κ2) is 13.3. The van der Waals surface area contributed by atoms with Crippen LogP contribution < -0.4 is 4.74 Å². The number of ether oxygens (including phenoxy) is 1. The summed E-state index contributed by atoms with van der Waals surface area (Å²) < 4.78 is 10.7. The van der Waals surface area contributed by atoms with Crippen LogP contribution in [0.4, 0.5) is 0 Å². The Balaban J connectivity index is 0.00000357. The molecule has 0 aliphatic carbocycles. The quantitative estimate of drug-likeness (QED) is 0.138. The number of hydrogen-bond acceptors (Lipinski definition) is 3. The third-order valence-electron chi connectivity index (χ3n) is 7.98. The second-order valence-electron chi connectivity index (χ2n) is 11.2. The van der Waals surface area contributed by atoms with Crippen molar-refractivity contribution in [1.82, 2.24) is 19.3 Å². The van der Waals surface area contributed by atoms with E-state index in [0.29, 0.717) is 11.5 Å². The molecule has 5 nitrogen and oxygen atoms in total. The van der Waals surface area contributed by atoms with Gasteiger partial charge < -0.3 is 9.30 Å². The summed E-state index contributed by atoms with van der Waals surface area (Å²) >= 11 is 0. The average Bonchev–Trinajstić information content (AvgIpc) is 3.57. The minimum atomic E-state index is 0. The zero-order valence-corrected chi connectivity index (χ0v) is 27.9. The van der Waals surface area contributed by atoms with Crippen LogP contribution >= 0.6 is 0 Å². The van der Waals surface area contributed by atoms with E-state index in [1.165, 1.54) is 16.8 Å². The van der Waals surface area contributed by atoms with Gasteiger partial charge in [0.2, 0.25) is 0 Å². The Morgan fingerprint density at radius 2 is 1.53 bits per heavy atom. The zero-order valence-electron chi connectivity index (χ0n) is 25.7. The maximum atomic E-state index is 6.44. The molecule has 0 aliphatic heterocycles. The van der Waals surface area contributed by atoms with Crippen LogP contribution in [0.5, 0.6) is 11.5 Å². The van der Waals surface area contributed by atoms with Crippen molar-refractivity contribution in [2.45, 2.75) is 46.5 Å². The topological polar surface area (TPSA) is 44.9 Å². The molecule has 226 valence electrons. The van der Waals surface area contributed by atoms with Gasteiger partial charge >= 0.3 is 21.1 Å². The predicted molar refractivity (Wildman–Crippen MR) is 178 cm³/mol. The van der Waals surface area contributed by atoms with Crippen LogP contribution in [0.2, 0.25) is 0 Å². The van der Waals surface area contributed by atoms with E-state index in [1.807, 2.05) is 30.5 Å². The average molecular weight is 770 g/mol. The fourth-order valence-corrected chi connectivity index (χ4v) is 6.07. The number of rotatable bonds is 9. The molecule has 6 heteroatoms. The van der Waals surface area contributed by atoms with Gasteiger partial charge in [0.15, 0.2) is 0 Å². The van der Waals surface area contributed by atoms with Crippen LogP contribution in [-0.2, 0) is 33.9 Å². The molecule has 0 saturated carbocycles. The van der Waals surface area contributed by atoms with Crippen LogP contribution in [0.1, 0.15) is 43.6 Å². The summed E-state index contributed by atoms with van der Waals surface area (Å²) in [5.41, 5.74) is 8.80. The summed E-state index contributed by atoms with van der Waals surface area (Å²) in [6.07, 6.45) is 5.74. The molecule has 7 rings (SSSR count). The maximum Gasteiger partial charge on any atom is 2.00 e. The van der Waals surface area contributed by atoms with Crippen molar-refractivity contribution in [2.24, 2.45) is 0 Å². The molecule has 0 aliphatic rings. The van der Waals surface area contributed by atoms with E-state index in [-0.39, 0.29) is 21.1 Å². The first-order valence-corrected chi connectivity index (χ1v) is 15.4. The summed E-state index contributed by atoms with van der Waals surface area (Å²) in [6.45, 7) is 6.50. The Morgan fingerprint density at radius 3 is 2.33 bits per heavy atom. The van der Waals surface area contributed by atoms with Crippen molar-refractivity contribution in [3.05, 3.63) is 132 Å². The largest absolute Gasteiger partial charge is 2.00 e. The number of fused-ring (bicyclic) bond motifs is 3. The molecule has 0 spiro atoms. The third kappa shape index (κ3) is 5.85. The number of aromatic nitrogens is 4. The molecular formula is C39H34N4OPt. The van der Waals surface area contributed by atoms with Gasteiger partial charge in [-0.15, -0.1) is 35.7 Å². The number of aryl methyl sites for hydroxylation is 2. The molecular weight excluding hydrogens is 736 g/mol. The van der Waals surface area contributed by atoms with Gasteiger partial charge in [0.25, 0.3) is 0 Å². The molecule has 3 aromatic heterocycles. The molecule has 0 saturated heterocycles. The summed E-state index contributed by atoms with van der Waals surface area (Å²) in [5.74, 6) is 2.09. The van der Waals surface area contributed by atoms with Gasteiger partial charge in [0.05, 0.1) is 5.69 Å². The second-order valence-corrected chi connectivity index (χ2v) is 11.2. The normalized spacial score (nSPS) is 11.2. The van der Waals surface area contributed by atoms with Gasteiger partial charge in [0.1, 0.15) is 5.82 Å². The Bertz CT molecular complexity index is 2090. The van der Waals surface area contributed by atoms with Crippen molar-refractivity contribution >= 4 is 21.8 Å². The first kappa shape index (κ1) is 30.6. The van der Waals surface area contributed by atoms with Gasteiger partial charge in [-0.3, -0.25) is 4.68 Å². The maximum absolute atomic E-state index is 6.44. The van der Waals surface area contributed by atoms with Crippen molar-refractivity contribution in [1.29, 1.82) is 0 Å². The van der Waals surface area contributed by atoms with E-state index >= 15 is 0 Å². The number of nitrogens with zero attached hydrogens (tertiary/aromatic N) is 4. The van der Waals surface area contributed by atoms with Crippen molar-refractivity contribution < 1.29 is 25.8 Å². The van der Waals surface area contributed by atoms with Crippen LogP contribution in [0, 0.1) is 19.1 Å². The van der Waals surface area contributed by atoms with Crippen LogP contribution in [0.25, 0.3) is 44.4 Å². The SMILES string of the molecule is CCCc1nn(-c2[c-]c(Oc3[c-]c4c(cc3)c3ccccc3n4-c3cc(C)ccn3)ccc2)c(CCC)c1-c1ccccc1.[Pt+2]. The molecule has 0 fully saturated rings. The van der Waals surface area contributed by atoms with E-state index in [2.05, 4.69) is 115 Å². The van der Waals surface area contributed by atoms with E-state index in [4.69, 9.17) is 14.8 Å². The fourth-order valence-electron chi connectivity index (χ4n) is 6.07. The predicted octanol–water partition coefficient (Wildman–Crippen LogP) is 9.63. The number of hydrogen-bond donors (Lipinski definition) is 0. The van der Waals surface area contributed by atoms with Crippen molar-refractivity contribution in [3.63, 3.8) is 0 Å². The summed E-state index contributed by atoms with van der Waals surface area (Å²) in [7, 11) is 0.